The molecule has 2 aromatic carbocycles. The largest absolute Gasteiger partial charge is 0.310 e. The van der Waals surface area contributed by atoms with Gasteiger partial charge < -0.3 is 5.43 Å². The number of aromatic amines is 1. The number of allylic oxidation sites excluding steroid dienone is 1. The van der Waals surface area contributed by atoms with E-state index in [1.807, 2.05) is 60.7 Å². The highest BCUT2D eigenvalue weighted by molar-refractivity contribution is 5.83. The molecule has 3 rings (SSSR count). The Balaban J connectivity index is 1.54. The Labute approximate surface area is 139 Å². The van der Waals surface area contributed by atoms with Crippen LogP contribution in [-0.4, -0.2) is 23.0 Å². The van der Waals surface area contributed by atoms with Gasteiger partial charge in [0, 0.05) is 24.6 Å². The predicted octanol–water partition coefficient (Wildman–Crippen LogP) is 2.75. The van der Waals surface area contributed by atoms with Crippen molar-refractivity contribution in [3.05, 3.63) is 82.3 Å². The van der Waals surface area contributed by atoms with E-state index in [2.05, 4.69) is 20.7 Å². The van der Waals surface area contributed by atoms with Crippen molar-refractivity contribution in [1.82, 2.24) is 15.6 Å². The fourth-order valence-corrected chi connectivity index (χ4v) is 2.41. The van der Waals surface area contributed by atoms with Crippen molar-refractivity contribution in [2.24, 2.45) is 5.10 Å². The summed E-state index contributed by atoms with van der Waals surface area (Å²) in [6.07, 6.45) is 6.26. The molecule has 120 valence electrons. The van der Waals surface area contributed by atoms with Gasteiger partial charge in [-0.3, -0.25) is 4.79 Å². The van der Waals surface area contributed by atoms with Crippen molar-refractivity contribution in [2.45, 2.75) is 6.42 Å². The molecule has 0 aliphatic heterocycles. The van der Waals surface area contributed by atoms with E-state index in [1.54, 1.807) is 12.3 Å². The fourth-order valence-electron chi connectivity index (χ4n) is 2.41. The molecule has 5 heteroatoms. The first kappa shape index (κ1) is 15.7. The average molecular weight is 318 g/mol. The molecule has 0 aliphatic carbocycles. The van der Waals surface area contributed by atoms with E-state index < -0.39 is 0 Å². The number of nitrogens with zero attached hydrogens (tertiary/aromatic N) is 2. The number of H-pyrrole nitrogens is 1. The molecule has 1 heterocycles. The van der Waals surface area contributed by atoms with Gasteiger partial charge in [-0.25, -0.2) is 5.10 Å². The lowest BCUT2D eigenvalue weighted by molar-refractivity contribution is 0.719. The smallest absolute Gasteiger partial charge is 0.272 e. The van der Waals surface area contributed by atoms with Crippen LogP contribution in [0.4, 0.5) is 0 Å². The first-order valence-corrected chi connectivity index (χ1v) is 7.78. The summed E-state index contributed by atoms with van der Waals surface area (Å²) in [6.45, 7) is 0.638. The van der Waals surface area contributed by atoms with E-state index >= 15 is 0 Å². The molecule has 2 N–H and O–H groups in total. The van der Waals surface area contributed by atoms with E-state index in [0.29, 0.717) is 18.4 Å². The van der Waals surface area contributed by atoms with Crippen LogP contribution in [0.3, 0.4) is 0 Å². The van der Waals surface area contributed by atoms with Crippen LogP contribution in [0.25, 0.3) is 16.8 Å². The van der Waals surface area contributed by atoms with E-state index in [1.165, 1.54) is 0 Å². The second-order valence-corrected chi connectivity index (χ2v) is 5.25. The Morgan fingerprint density at radius 3 is 2.62 bits per heavy atom. The Morgan fingerprint density at radius 1 is 1.04 bits per heavy atom. The van der Waals surface area contributed by atoms with Gasteiger partial charge in [0.25, 0.3) is 5.56 Å². The molecule has 5 nitrogen and oxygen atoms in total. The van der Waals surface area contributed by atoms with Gasteiger partial charge in [-0.1, -0.05) is 54.6 Å². The fraction of sp³-hybridized carbons (Fsp3) is 0.105. The Hall–Kier alpha value is -3.21. The molecule has 0 fully saturated rings. The van der Waals surface area contributed by atoms with Gasteiger partial charge in [-0.2, -0.15) is 10.2 Å². The standard InChI is InChI=1S/C19H18N4O/c24-19-17-11-5-4-10-16(17)18(22-23-19)12-14-21-20-13-6-9-15-7-2-1-3-8-15/h1-11,13,21H,12,14H2,(H,23,24). The van der Waals surface area contributed by atoms with E-state index in [9.17, 15) is 4.79 Å². The molecule has 0 saturated heterocycles. The van der Waals surface area contributed by atoms with Gasteiger partial charge in [-0.15, -0.1) is 0 Å². The Morgan fingerprint density at radius 2 is 1.79 bits per heavy atom. The Bertz CT molecular complexity index is 913. The van der Waals surface area contributed by atoms with Crippen LogP contribution < -0.4 is 11.0 Å². The van der Waals surface area contributed by atoms with Crippen molar-refractivity contribution in [1.29, 1.82) is 0 Å². The third-order valence-electron chi connectivity index (χ3n) is 3.59. The minimum Gasteiger partial charge on any atom is -0.310 e. The highest BCUT2D eigenvalue weighted by Gasteiger charge is 2.04. The van der Waals surface area contributed by atoms with E-state index in [-0.39, 0.29) is 5.56 Å². The minimum absolute atomic E-state index is 0.161. The van der Waals surface area contributed by atoms with E-state index in [4.69, 9.17) is 0 Å². The van der Waals surface area contributed by atoms with Crippen LogP contribution in [0.5, 0.6) is 0 Å². The number of fused-ring (bicyclic) bond motifs is 1. The third-order valence-corrected chi connectivity index (χ3v) is 3.59. The average Bonchev–Trinajstić information content (AvgIpc) is 2.64. The summed E-state index contributed by atoms with van der Waals surface area (Å²) in [5, 5.41) is 12.4. The van der Waals surface area contributed by atoms with Crippen molar-refractivity contribution >= 4 is 23.1 Å². The van der Waals surface area contributed by atoms with Crippen molar-refractivity contribution < 1.29 is 0 Å². The summed E-state index contributed by atoms with van der Waals surface area (Å²) in [7, 11) is 0. The third kappa shape index (κ3) is 3.95. The maximum Gasteiger partial charge on any atom is 0.272 e. The van der Waals surface area contributed by atoms with Crippen LogP contribution >= 0.6 is 0 Å². The van der Waals surface area contributed by atoms with Gasteiger partial charge in [0.15, 0.2) is 0 Å². The van der Waals surface area contributed by atoms with Gasteiger partial charge in [0.2, 0.25) is 0 Å². The minimum atomic E-state index is -0.161. The zero-order valence-electron chi connectivity index (χ0n) is 13.1. The van der Waals surface area contributed by atoms with Gasteiger partial charge >= 0.3 is 0 Å². The molecule has 0 unspecified atom stereocenters. The molecule has 0 atom stereocenters. The summed E-state index contributed by atoms with van der Waals surface area (Å²) in [5.41, 5.74) is 4.81. The van der Waals surface area contributed by atoms with Crippen LogP contribution in [0.15, 0.2) is 70.6 Å². The summed E-state index contributed by atoms with van der Waals surface area (Å²) < 4.78 is 0. The molecule has 1 aromatic heterocycles. The maximum absolute atomic E-state index is 11.7. The summed E-state index contributed by atoms with van der Waals surface area (Å²) in [6, 6.07) is 17.5. The van der Waals surface area contributed by atoms with Crippen LogP contribution in [-0.2, 0) is 6.42 Å². The number of rotatable bonds is 6. The van der Waals surface area contributed by atoms with Gasteiger partial charge in [0.05, 0.1) is 11.1 Å². The Kier molecular flexibility index (Phi) is 5.14. The molecule has 24 heavy (non-hydrogen) atoms. The zero-order valence-corrected chi connectivity index (χ0v) is 13.1. The summed E-state index contributed by atoms with van der Waals surface area (Å²) in [4.78, 5) is 11.7. The molecule has 0 aliphatic rings. The quantitative estimate of drug-likeness (QED) is 0.417. The molecule has 0 amide bonds. The molecular weight excluding hydrogens is 300 g/mol. The second kappa shape index (κ2) is 7.87. The van der Waals surface area contributed by atoms with Crippen LogP contribution in [0, 0.1) is 0 Å². The van der Waals surface area contributed by atoms with Crippen molar-refractivity contribution in [2.75, 3.05) is 6.54 Å². The molecule has 0 saturated carbocycles. The van der Waals surface area contributed by atoms with Crippen LogP contribution in [0.1, 0.15) is 11.3 Å². The zero-order chi connectivity index (χ0) is 16.6. The monoisotopic (exact) mass is 318 g/mol. The lowest BCUT2D eigenvalue weighted by Gasteiger charge is -2.04. The predicted molar refractivity (Wildman–Crippen MR) is 98.0 cm³/mol. The molecule has 0 spiro atoms. The topological polar surface area (TPSA) is 70.1 Å². The molecule has 0 bridgehead atoms. The lowest BCUT2D eigenvalue weighted by atomic mass is 10.1. The highest BCUT2D eigenvalue weighted by Crippen LogP contribution is 2.12. The first-order valence-electron chi connectivity index (χ1n) is 7.78. The molecule has 3 aromatic rings. The second-order valence-electron chi connectivity index (χ2n) is 5.25. The number of hydrogen-bond donors (Lipinski definition) is 2. The molecular formula is C19H18N4O. The molecule has 0 radical (unpaired) electrons. The first-order chi connectivity index (χ1) is 11.8. The summed E-state index contributed by atoms with van der Waals surface area (Å²) in [5.74, 6) is 0. The SMILES string of the molecule is O=c1[nH]nc(CCNN=CC=Cc2ccccc2)c2ccccc12. The van der Waals surface area contributed by atoms with Gasteiger partial charge in [0.1, 0.15) is 0 Å². The number of aromatic nitrogens is 2. The van der Waals surface area contributed by atoms with Crippen molar-refractivity contribution in [3.8, 4) is 0 Å². The number of benzene rings is 2. The summed E-state index contributed by atoms with van der Waals surface area (Å²) >= 11 is 0. The van der Waals surface area contributed by atoms with Crippen LogP contribution in [0.2, 0.25) is 0 Å². The lowest BCUT2D eigenvalue weighted by Crippen LogP contribution is -2.15. The number of nitrogens with one attached hydrogen (secondary N) is 2. The number of hydrazone groups is 1. The normalized spacial score (nSPS) is 11.5. The van der Waals surface area contributed by atoms with Gasteiger partial charge in [-0.05, 0) is 17.7 Å². The maximum atomic E-state index is 11.7. The number of hydrogen-bond acceptors (Lipinski definition) is 4. The van der Waals surface area contributed by atoms with E-state index in [0.717, 1.165) is 16.6 Å². The van der Waals surface area contributed by atoms with Crippen molar-refractivity contribution in [3.63, 3.8) is 0 Å². The highest BCUT2D eigenvalue weighted by atomic mass is 16.1.